The predicted octanol–water partition coefficient (Wildman–Crippen LogP) is 2.19. The van der Waals surface area contributed by atoms with E-state index in [0.717, 1.165) is 5.56 Å². The number of halogens is 1. The molecule has 0 saturated carbocycles. The van der Waals surface area contributed by atoms with Gasteiger partial charge in [0.05, 0.1) is 18.6 Å². The number of carbonyl (C=O) groups excluding carboxylic acids is 2. The van der Waals surface area contributed by atoms with Crippen molar-refractivity contribution in [2.75, 3.05) is 31.1 Å². The maximum absolute atomic E-state index is 13.6. The van der Waals surface area contributed by atoms with Crippen molar-refractivity contribution in [1.82, 2.24) is 9.88 Å². The van der Waals surface area contributed by atoms with E-state index in [2.05, 4.69) is 4.98 Å². The maximum atomic E-state index is 13.6. The summed E-state index contributed by atoms with van der Waals surface area (Å²) in [5.74, 6) is -0.482. The van der Waals surface area contributed by atoms with Gasteiger partial charge in [-0.1, -0.05) is 12.1 Å². The number of likely N-dealkylation sites (tertiary alicyclic amines) is 1. The van der Waals surface area contributed by atoms with Gasteiger partial charge in [-0.05, 0) is 42.7 Å². The Morgan fingerprint density at radius 1 is 1.21 bits per heavy atom. The third-order valence-corrected chi connectivity index (χ3v) is 5.47. The van der Waals surface area contributed by atoms with Gasteiger partial charge in [-0.15, -0.1) is 0 Å². The number of amides is 2. The van der Waals surface area contributed by atoms with Crippen molar-refractivity contribution in [1.29, 1.82) is 0 Å². The Kier molecular flexibility index (Phi) is 5.09. The fourth-order valence-corrected chi connectivity index (χ4v) is 3.85. The minimum absolute atomic E-state index is 0.0276. The number of rotatable bonds is 3. The molecule has 6 nitrogen and oxygen atoms in total. The van der Waals surface area contributed by atoms with Crippen LogP contribution in [0.4, 0.5) is 10.1 Å². The number of aromatic nitrogens is 1. The molecule has 2 amide bonds. The van der Waals surface area contributed by atoms with E-state index in [0.29, 0.717) is 44.6 Å². The van der Waals surface area contributed by atoms with Gasteiger partial charge in [-0.3, -0.25) is 14.6 Å². The Bertz CT molecular complexity index is 866. The molecule has 28 heavy (non-hydrogen) atoms. The van der Waals surface area contributed by atoms with Crippen molar-refractivity contribution in [3.63, 3.8) is 0 Å². The summed E-state index contributed by atoms with van der Waals surface area (Å²) >= 11 is 0. The topological polar surface area (TPSA) is 62.7 Å². The Balaban J connectivity index is 1.40. The molecule has 7 heteroatoms. The SMILES string of the molecule is O=C(Cc1cccnc1)N1CCC2(CC1)CN(c1cccc(F)c1)C(=O)CO2. The summed E-state index contributed by atoms with van der Waals surface area (Å²) in [5.41, 5.74) is 0.943. The largest absolute Gasteiger partial charge is 0.363 e. The van der Waals surface area contributed by atoms with Gasteiger partial charge in [0.15, 0.2) is 0 Å². The third kappa shape index (κ3) is 3.89. The van der Waals surface area contributed by atoms with Gasteiger partial charge >= 0.3 is 0 Å². The van der Waals surface area contributed by atoms with Gasteiger partial charge in [-0.2, -0.15) is 0 Å². The molecule has 3 heterocycles. The molecule has 0 atom stereocenters. The lowest BCUT2D eigenvalue weighted by atomic mass is 9.88. The lowest BCUT2D eigenvalue weighted by molar-refractivity contribution is -0.150. The third-order valence-electron chi connectivity index (χ3n) is 5.47. The Morgan fingerprint density at radius 2 is 2.04 bits per heavy atom. The molecule has 1 spiro atoms. The number of hydrogen-bond donors (Lipinski definition) is 0. The number of carbonyl (C=O) groups is 2. The molecule has 0 N–H and O–H groups in total. The van der Waals surface area contributed by atoms with Gasteiger partial charge < -0.3 is 14.5 Å². The van der Waals surface area contributed by atoms with E-state index in [1.54, 1.807) is 29.4 Å². The highest BCUT2D eigenvalue weighted by Gasteiger charge is 2.43. The van der Waals surface area contributed by atoms with Gasteiger partial charge in [0.25, 0.3) is 5.91 Å². The van der Waals surface area contributed by atoms with E-state index in [1.807, 2.05) is 17.0 Å². The number of nitrogens with zero attached hydrogens (tertiary/aromatic N) is 3. The van der Waals surface area contributed by atoms with Crippen LogP contribution in [0.25, 0.3) is 0 Å². The number of benzene rings is 1. The second-order valence-corrected chi connectivity index (χ2v) is 7.35. The average molecular weight is 383 g/mol. The van der Waals surface area contributed by atoms with Crippen LogP contribution in [0.3, 0.4) is 0 Å². The number of piperidine rings is 1. The molecule has 2 aliphatic heterocycles. The minimum atomic E-state index is -0.495. The summed E-state index contributed by atoms with van der Waals surface area (Å²) < 4.78 is 19.5. The molecule has 2 aromatic rings. The van der Waals surface area contributed by atoms with E-state index in [4.69, 9.17) is 4.74 Å². The molecular formula is C21H22FN3O3. The van der Waals surface area contributed by atoms with E-state index >= 15 is 0 Å². The first-order chi connectivity index (χ1) is 13.5. The van der Waals surface area contributed by atoms with Gasteiger partial charge in [0.2, 0.25) is 5.91 Å². The van der Waals surface area contributed by atoms with Crippen LogP contribution >= 0.6 is 0 Å². The molecule has 1 aromatic carbocycles. The number of ether oxygens (including phenoxy) is 1. The van der Waals surface area contributed by atoms with Crippen molar-refractivity contribution in [3.05, 3.63) is 60.2 Å². The maximum Gasteiger partial charge on any atom is 0.253 e. The normalized spacial score (nSPS) is 19.1. The van der Waals surface area contributed by atoms with Crippen LogP contribution in [-0.2, 0) is 20.7 Å². The van der Waals surface area contributed by atoms with Crippen molar-refractivity contribution in [2.24, 2.45) is 0 Å². The molecule has 0 unspecified atom stereocenters. The molecule has 1 aromatic heterocycles. The smallest absolute Gasteiger partial charge is 0.253 e. The highest BCUT2D eigenvalue weighted by atomic mass is 19.1. The van der Waals surface area contributed by atoms with Crippen molar-refractivity contribution in [3.8, 4) is 0 Å². The molecule has 2 aliphatic rings. The lowest BCUT2D eigenvalue weighted by Gasteiger charge is -2.47. The van der Waals surface area contributed by atoms with Crippen LogP contribution < -0.4 is 4.90 Å². The summed E-state index contributed by atoms with van der Waals surface area (Å²) in [6.45, 7) is 1.49. The van der Waals surface area contributed by atoms with Crippen LogP contribution in [0.2, 0.25) is 0 Å². The summed E-state index contributed by atoms with van der Waals surface area (Å²) in [5, 5.41) is 0. The number of morpholine rings is 1. The summed E-state index contributed by atoms with van der Waals surface area (Å²) in [7, 11) is 0. The van der Waals surface area contributed by atoms with Crippen LogP contribution in [0, 0.1) is 5.82 Å². The number of pyridine rings is 1. The fraction of sp³-hybridized carbons (Fsp3) is 0.381. The summed E-state index contributed by atoms with van der Waals surface area (Å²) in [4.78, 5) is 32.4. The van der Waals surface area contributed by atoms with Crippen LogP contribution in [0.1, 0.15) is 18.4 Å². The zero-order valence-corrected chi connectivity index (χ0v) is 15.5. The molecule has 4 rings (SSSR count). The highest BCUT2D eigenvalue weighted by molar-refractivity contribution is 5.95. The first-order valence-electron chi connectivity index (χ1n) is 9.41. The summed E-state index contributed by atoms with van der Waals surface area (Å²) in [6, 6.07) is 9.76. The van der Waals surface area contributed by atoms with Crippen LogP contribution in [0.5, 0.6) is 0 Å². The summed E-state index contributed by atoms with van der Waals surface area (Å²) in [6.07, 6.45) is 5.01. The Labute approximate surface area is 162 Å². The minimum Gasteiger partial charge on any atom is -0.363 e. The Hall–Kier alpha value is -2.80. The highest BCUT2D eigenvalue weighted by Crippen LogP contribution is 2.33. The van der Waals surface area contributed by atoms with Crippen molar-refractivity contribution < 1.29 is 18.7 Å². The van der Waals surface area contributed by atoms with E-state index in [9.17, 15) is 14.0 Å². The zero-order chi connectivity index (χ0) is 19.6. The van der Waals surface area contributed by atoms with Crippen molar-refractivity contribution >= 4 is 17.5 Å². The molecule has 0 aliphatic carbocycles. The monoisotopic (exact) mass is 383 g/mol. The molecule has 146 valence electrons. The van der Waals surface area contributed by atoms with E-state index < -0.39 is 5.60 Å². The fourth-order valence-electron chi connectivity index (χ4n) is 3.85. The molecule has 0 bridgehead atoms. The Morgan fingerprint density at radius 3 is 2.75 bits per heavy atom. The quantitative estimate of drug-likeness (QED) is 0.815. The lowest BCUT2D eigenvalue weighted by Crippen LogP contribution is -2.59. The van der Waals surface area contributed by atoms with Crippen LogP contribution in [-0.4, -0.2) is 53.5 Å². The standard InChI is InChI=1S/C21H22FN3O3/c22-17-4-1-5-18(12-17)25-15-21(28-14-20(25)27)6-9-24(10-7-21)19(26)11-16-3-2-8-23-13-16/h1-5,8,12-13H,6-7,9-11,14-15H2. The second kappa shape index (κ2) is 7.67. The molecule has 2 fully saturated rings. The van der Waals surface area contributed by atoms with Gasteiger partial charge in [0, 0.05) is 31.2 Å². The molecule has 0 radical (unpaired) electrons. The average Bonchev–Trinajstić information content (AvgIpc) is 2.71. The first kappa shape index (κ1) is 18.6. The van der Waals surface area contributed by atoms with E-state index in [1.165, 1.54) is 12.1 Å². The molecule has 2 saturated heterocycles. The van der Waals surface area contributed by atoms with Crippen molar-refractivity contribution in [2.45, 2.75) is 24.9 Å². The van der Waals surface area contributed by atoms with Gasteiger partial charge in [0.1, 0.15) is 12.4 Å². The van der Waals surface area contributed by atoms with Crippen LogP contribution in [0.15, 0.2) is 48.8 Å². The predicted molar refractivity (Wildman–Crippen MR) is 101 cm³/mol. The second-order valence-electron chi connectivity index (χ2n) is 7.35. The first-order valence-corrected chi connectivity index (χ1v) is 9.41. The van der Waals surface area contributed by atoms with E-state index in [-0.39, 0.29) is 24.2 Å². The van der Waals surface area contributed by atoms with Gasteiger partial charge in [-0.25, -0.2) is 4.39 Å². The zero-order valence-electron chi connectivity index (χ0n) is 15.5. The molecular weight excluding hydrogens is 361 g/mol. The number of hydrogen-bond acceptors (Lipinski definition) is 4. The number of anilines is 1.